The summed E-state index contributed by atoms with van der Waals surface area (Å²) in [7, 11) is 2.92. The van der Waals surface area contributed by atoms with Crippen LogP contribution in [0.5, 0.6) is 0 Å². The van der Waals surface area contributed by atoms with E-state index in [-0.39, 0.29) is 37.3 Å². The molecule has 1 saturated heterocycles. The SMILES string of the molecule is CC1CN([C@@H](Cc2ccc(C(F)(F)F)cc2)C(=O)N(C)CC(=O)OC(C)(C)C)C(=O)[C@@H](N(C)C(=O)OCC2c3ccccc3-c3ccccc32)C[C@@H]1C. The van der Waals surface area contributed by atoms with Gasteiger partial charge in [0.1, 0.15) is 30.8 Å². The number of esters is 1. The molecule has 1 heterocycles. The van der Waals surface area contributed by atoms with Crippen molar-refractivity contribution < 1.29 is 41.8 Å². The van der Waals surface area contributed by atoms with Crippen LogP contribution in [0.25, 0.3) is 11.1 Å². The van der Waals surface area contributed by atoms with Crippen molar-refractivity contribution in [3.05, 3.63) is 95.1 Å². The fraction of sp³-hybridized carbons (Fsp3) is 0.463. The summed E-state index contributed by atoms with van der Waals surface area (Å²) in [5, 5.41) is 0. The lowest BCUT2D eigenvalue weighted by Crippen LogP contribution is -2.57. The van der Waals surface area contributed by atoms with Crippen LogP contribution < -0.4 is 0 Å². The van der Waals surface area contributed by atoms with Crippen LogP contribution in [0.3, 0.4) is 0 Å². The molecule has 0 radical (unpaired) electrons. The molecule has 9 nitrogen and oxygen atoms in total. The third-order valence-corrected chi connectivity index (χ3v) is 10.2. The first-order valence-electron chi connectivity index (χ1n) is 17.9. The van der Waals surface area contributed by atoms with Crippen LogP contribution in [0.15, 0.2) is 72.8 Å². The average molecular weight is 736 g/mol. The number of likely N-dealkylation sites (tertiary alicyclic amines) is 1. The highest BCUT2D eigenvalue weighted by Gasteiger charge is 2.43. The zero-order valence-corrected chi connectivity index (χ0v) is 31.3. The van der Waals surface area contributed by atoms with Gasteiger partial charge in [0, 0.05) is 33.0 Å². The smallest absolute Gasteiger partial charge is 0.416 e. The summed E-state index contributed by atoms with van der Waals surface area (Å²) in [4.78, 5) is 59.1. The minimum Gasteiger partial charge on any atom is -0.459 e. The summed E-state index contributed by atoms with van der Waals surface area (Å²) in [5.41, 5.74) is 2.99. The molecule has 2 aliphatic rings. The molecule has 0 bridgehead atoms. The van der Waals surface area contributed by atoms with Gasteiger partial charge in [-0.3, -0.25) is 19.3 Å². The number of nitrogens with zero attached hydrogens (tertiary/aromatic N) is 3. The van der Waals surface area contributed by atoms with Gasteiger partial charge in [0.25, 0.3) is 0 Å². The third kappa shape index (κ3) is 9.03. The quantitative estimate of drug-likeness (QED) is 0.216. The van der Waals surface area contributed by atoms with Crippen LogP contribution in [0.2, 0.25) is 0 Å². The van der Waals surface area contributed by atoms with Gasteiger partial charge in [-0.25, -0.2) is 4.79 Å². The number of likely N-dealkylation sites (N-methyl/N-ethyl adjacent to an activating group) is 2. The molecule has 1 unspecified atom stereocenters. The number of halogens is 3. The van der Waals surface area contributed by atoms with Crippen molar-refractivity contribution in [2.75, 3.05) is 33.8 Å². The lowest BCUT2D eigenvalue weighted by molar-refractivity contribution is -0.159. The van der Waals surface area contributed by atoms with Gasteiger partial charge in [-0.15, -0.1) is 0 Å². The van der Waals surface area contributed by atoms with E-state index in [4.69, 9.17) is 9.47 Å². The molecular formula is C41H48F3N3O6. The first-order valence-corrected chi connectivity index (χ1v) is 17.9. The number of amides is 3. The predicted octanol–water partition coefficient (Wildman–Crippen LogP) is 7.17. The topological polar surface area (TPSA) is 96.5 Å². The first kappa shape index (κ1) is 39.3. The first-order chi connectivity index (χ1) is 24.9. The number of carbonyl (C=O) groups is 4. The van der Waals surface area contributed by atoms with Crippen LogP contribution in [0.4, 0.5) is 18.0 Å². The summed E-state index contributed by atoms with van der Waals surface area (Å²) in [6.07, 6.45) is -5.07. The van der Waals surface area contributed by atoms with Gasteiger partial charge in [0.2, 0.25) is 11.8 Å². The predicted molar refractivity (Wildman–Crippen MR) is 194 cm³/mol. The summed E-state index contributed by atoms with van der Waals surface area (Å²) in [5.74, 6) is -2.09. The summed E-state index contributed by atoms with van der Waals surface area (Å²) in [6.45, 7) is 8.82. The Morgan fingerprint density at radius 3 is 1.98 bits per heavy atom. The minimum atomic E-state index is -4.55. The highest BCUT2D eigenvalue weighted by atomic mass is 19.4. The molecule has 12 heteroatoms. The van der Waals surface area contributed by atoms with E-state index < -0.39 is 59.8 Å². The normalized spacial score (nSPS) is 19.5. The van der Waals surface area contributed by atoms with Gasteiger partial charge >= 0.3 is 18.2 Å². The molecule has 0 spiro atoms. The molecule has 5 rings (SSSR count). The molecule has 1 aliphatic carbocycles. The van der Waals surface area contributed by atoms with E-state index in [1.165, 1.54) is 40.9 Å². The lowest BCUT2D eigenvalue weighted by atomic mass is 9.91. The number of hydrogen-bond acceptors (Lipinski definition) is 6. The maximum Gasteiger partial charge on any atom is 0.416 e. The van der Waals surface area contributed by atoms with Gasteiger partial charge < -0.3 is 19.3 Å². The molecule has 0 saturated carbocycles. The van der Waals surface area contributed by atoms with E-state index in [1.54, 1.807) is 20.8 Å². The van der Waals surface area contributed by atoms with E-state index in [0.29, 0.717) is 12.0 Å². The van der Waals surface area contributed by atoms with Crippen molar-refractivity contribution in [3.8, 4) is 11.1 Å². The second-order valence-electron chi connectivity index (χ2n) is 15.3. The highest BCUT2D eigenvalue weighted by molar-refractivity contribution is 5.93. The fourth-order valence-corrected chi connectivity index (χ4v) is 7.17. The molecule has 4 atom stereocenters. The van der Waals surface area contributed by atoms with Crippen LogP contribution in [-0.4, -0.2) is 90.1 Å². The molecule has 1 aliphatic heterocycles. The van der Waals surface area contributed by atoms with Gasteiger partial charge in [-0.2, -0.15) is 13.2 Å². The zero-order valence-electron chi connectivity index (χ0n) is 31.3. The average Bonchev–Trinajstić information content (AvgIpc) is 3.36. The number of hydrogen-bond donors (Lipinski definition) is 0. The Balaban J connectivity index is 1.40. The number of carbonyl (C=O) groups excluding carboxylic acids is 4. The second-order valence-corrected chi connectivity index (χ2v) is 15.3. The Labute approximate surface area is 309 Å². The standard InChI is InChI=1S/C41H48F3N3O6/c1-25-20-34(46(7)39(51)52-24-33-31-14-10-8-12-29(31)30-13-9-11-15-32(30)33)38(50)47(22-26(25)2)35(21-27-16-18-28(19-17-27)41(42,43)44)37(49)45(6)23-36(48)53-40(3,4)5/h8-19,25-26,33-35H,20-24H2,1-7H3/t25-,26?,34-,35-/m0/s1. The number of benzene rings is 3. The summed E-state index contributed by atoms with van der Waals surface area (Å²) in [6, 6.07) is 18.2. The van der Waals surface area contributed by atoms with Gasteiger partial charge in [-0.05, 0) is 79.0 Å². The van der Waals surface area contributed by atoms with E-state index >= 15 is 0 Å². The molecule has 284 valence electrons. The Hall–Kier alpha value is -4.87. The number of rotatable bonds is 9. The lowest BCUT2D eigenvalue weighted by Gasteiger charge is -2.36. The van der Waals surface area contributed by atoms with E-state index in [9.17, 15) is 32.3 Å². The minimum absolute atomic E-state index is 0.0538. The van der Waals surface area contributed by atoms with Crippen LogP contribution in [-0.2, 0) is 36.5 Å². The Kier molecular flexibility index (Phi) is 11.6. The van der Waals surface area contributed by atoms with Crippen LogP contribution in [0, 0.1) is 11.8 Å². The monoisotopic (exact) mass is 735 g/mol. The maximum atomic E-state index is 14.6. The van der Waals surface area contributed by atoms with E-state index in [1.807, 2.05) is 62.4 Å². The summed E-state index contributed by atoms with van der Waals surface area (Å²) < 4.78 is 51.5. The number of fused-ring (bicyclic) bond motifs is 3. The molecular weight excluding hydrogens is 687 g/mol. The Morgan fingerprint density at radius 2 is 1.43 bits per heavy atom. The third-order valence-electron chi connectivity index (χ3n) is 10.2. The van der Waals surface area contributed by atoms with Crippen molar-refractivity contribution in [1.29, 1.82) is 0 Å². The molecule has 3 amide bonds. The summed E-state index contributed by atoms with van der Waals surface area (Å²) >= 11 is 0. The van der Waals surface area contributed by atoms with Crippen molar-refractivity contribution >= 4 is 23.9 Å². The van der Waals surface area contributed by atoms with Gasteiger partial charge in [0.15, 0.2) is 0 Å². The van der Waals surface area contributed by atoms with Crippen LogP contribution >= 0.6 is 0 Å². The van der Waals surface area contributed by atoms with E-state index in [0.717, 1.165) is 34.4 Å². The Bertz CT molecular complexity index is 1780. The van der Waals surface area contributed by atoms with Gasteiger partial charge in [-0.1, -0.05) is 74.5 Å². The largest absolute Gasteiger partial charge is 0.459 e. The molecule has 53 heavy (non-hydrogen) atoms. The van der Waals surface area contributed by atoms with Crippen molar-refractivity contribution in [2.45, 2.75) is 77.2 Å². The molecule has 0 aromatic heterocycles. The second kappa shape index (κ2) is 15.6. The molecule has 0 N–H and O–H groups in total. The van der Waals surface area contributed by atoms with Crippen molar-refractivity contribution in [2.24, 2.45) is 11.8 Å². The van der Waals surface area contributed by atoms with Crippen molar-refractivity contribution in [3.63, 3.8) is 0 Å². The molecule has 1 fully saturated rings. The maximum absolute atomic E-state index is 14.6. The van der Waals surface area contributed by atoms with Crippen molar-refractivity contribution in [1.82, 2.24) is 14.7 Å². The Morgan fingerprint density at radius 1 is 0.868 bits per heavy atom. The highest BCUT2D eigenvalue weighted by Crippen LogP contribution is 2.44. The zero-order chi connectivity index (χ0) is 38.8. The molecule has 3 aromatic rings. The number of alkyl halides is 3. The van der Waals surface area contributed by atoms with E-state index in [2.05, 4.69) is 0 Å². The van der Waals surface area contributed by atoms with Crippen LogP contribution in [0.1, 0.15) is 69.2 Å². The van der Waals surface area contributed by atoms with Gasteiger partial charge in [0.05, 0.1) is 5.56 Å². The number of ether oxygens (including phenoxy) is 2. The fourth-order valence-electron chi connectivity index (χ4n) is 7.17. The molecule has 3 aromatic carbocycles.